The molecular weight excluding hydrogens is 390 g/mol. The van der Waals surface area contributed by atoms with E-state index < -0.39 is 0 Å². The molecular formula is C19H27N7O2S. The summed E-state index contributed by atoms with van der Waals surface area (Å²) in [4.78, 5) is 15.8. The number of hydrogen-bond acceptors (Lipinski definition) is 7. The second-order valence-corrected chi connectivity index (χ2v) is 7.08. The van der Waals surface area contributed by atoms with Gasteiger partial charge in [-0.1, -0.05) is 0 Å². The molecule has 0 aromatic carbocycles. The van der Waals surface area contributed by atoms with Crippen LogP contribution in [0.5, 0.6) is 0 Å². The zero-order valence-corrected chi connectivity index (χ0v) is 17.6. The molecule has 3 N–H and O–H groups in total. The first-order valence-corrected chi connectivity index (χ1v) is 10.0. The van der Waals surface area contributed by atoms with Crippen LogP contribution in [-0.2, 0) is 11.3 Å². The molecule has 1 saturated heterocycles. The van der Waals surface area contributed by atoms with Crippen LogP contribution in [-0.4, -0.2) is 65.3 Å². The molecule has 0 bridgehead atoms. The molecule has 29 heavy (non-hydrogen) atoms. The highest BCUT2D eigenvalue weighted by molar-refractivity contribution is 7.80. The van der Waals surface area contributed by atoms with E-state index in [4.69, 9.17) is 21.4 Å². The van der Waals surface area contributed by atoms with Crippen molar-refractivity contribution < 1.29 is 9.15 Å². The summed E-state index contributed by atoms with van der Waals surface area (Å²) in [5.41, 5.74) is 1.76. The molecule has 2 aromatic rings. The van der Waals surface area contributed by atoms with E-state index in [1.807, 2.05) is 32.0 Å². The minimum Gasteiger partial charge on any atom is -0.467 e. The van der Waals surface area contributed by atoms with Crippen LogP contribution in [0.2, 0.25) is 0 Å². The van der Waals surface area contributed by atoms with Crippen LogP contribution < -0.4 is 16.0 Å². The topological polar surface area (TPSA) is 99.8 Å². The quantitative estimate of drug-likeness (QED) is 0.366. The van der Waals surface area contributed by atoms with Crippen molar-refractivity contribution in [2.45, 2.75) is 20.4 Å². The Labute approximate surface area is 176 Å². The van der Waals surface area contributed by atoms with E-state index in [2.05, 4.69) is 35.8 Å². The van der Waals surface area contributed by atoms with Crippen molar-refractivity contribution in [3.8, 4) is 0 Å². The van der Waals surface area contributed by atoms with Crippen molar-refractivity contribution in [1.29, 1.82) is 0 Å². The number of ether oxygens (including phenoxy) is 1. The minimum absolute atomic E-state index is 0.434. The van der Waals surface area contributed by atoms with E-state index in [1.54, 1.807) is 6.26 Å². The number of guanidine groups is 1. The van der Waals surface area contributed by atoms with Crippen molar-refractivity contribution in [2.75, 3.05) is 44.7 Å². The molecule has 9 nitrogen and oxygen atoms in total. The lowest BCUT2D eigenvalue weighted by Gasteiger charge is -2.25. The number of anilines is 1. The van der Waals surface area contributed by atoms with Gasteiger partial charge in [-0.2, -0.15) is 0 Å². The van der Waals surface area contributed by atoms with E-state index in [0.717, 1.165) is 50.0 Å². The summed E-state index contributed by atoms with van der Waals surface area (Å²) in [6, 6.07) is 5.64. The van der Waals surface area contributed by atoms with Gasteiger partial charge in [-0.3, -0.25) is 15.2 Å². The highest BCUT2D eigenvalue weighted by Crippen LogP contribution is 2.04. The predicted molar refractivity (Wildman–Crippen MR) is 116 cm³/mol. The number of nitrogens with zero attached hydrogens (tertiary/aromatic N) is 4. The van der Waals surface area contributed by atoms with E-state index in [-0.39, 0.29) is 0 Å². The molecule has 0 radical (unpaired) electrons. The number of nitrogens with one attached hydrogen (secondary N) is 3. The first-order chi connectivity index (χ1) is 14.1. The van der Waals surface area contributed by atoms with Crippen LogP contribution in [0.15, 0.2) is 33.9 Å². The fraction of sp³-hybridized carbons (Fsp3) is 0.474. The van der Waals surface area contributed by atoms with Gasteiger partial charge in [-0.25, -0.2) is 9.97 Å². The van der Waals surface area contributed by atoms with Gasteiger partial charge in [0.05, 0.1) is 32.6 Å². The Morgan fingerprint density at radius 2 is 2.00 bits per heavy atom. The molecule has 10 heteroatoms. The number of rotatable bonds is 6. The van der Waals surface area contributed by atoms with Crippen LogP contribution >= 0.6 is 12.2 Å². The molecule has 0 spiro atoms. The minimum atomic E-state index is 0.434. The summed E-state index contributed by atoms with van der Waals surface area (Å²) in [5, 5.41) is 9.78. The van der Waals surface area contributed by atoms with Gasteiger partial charge < -0.3 is 19.8 Å². The number of morpholine rings is 1. The standard InChI is InChI=1S/C19H27N7O2S/c1-14-12-15(2)23-18(22-14)24-17(20-5-6-26-7-10-27-11-8-26)25-19(29)21-13-16-4-3-9-28-16/h3-4,9,12H,5-8,10-11,13H2,1-2H3,(H3,20,21,22,23,24,25,29). The van der Waals surface area contributed by atoms with E-state index in [0.29, 0.717) is 30.1 Å². The number of furan rings is 1. The van der Waals surface area contributed by atoms with Crippen LogP contribution in [0.3, 0.4) is 0 Å². The Bertz CT molecular complexity index is 800. The van der Waals surface area contributed by atoms with Crippen molar-refractivity contribution >= 4 is 29.2 Å². The molecule has 156 valence electrons. The third kappa shape index (κ3) is 7.41. The van der Waals surface area contributed by atoms with Gasteiger partial charge in [0, 0.05) is 31.0 Å². The van der Waals surface area contributed by atoms with Gasteiger partial charge in [0.2, 0.25) is 11.9 Å². The average Bonchev–Trinajstić information content (AvgIpc) is 3.20. The third-order valence-corrected chi connectivity index (χ3v) is 4.48. The first kappa shape index (κ1) is 21.2. The summed E-state index contributed by atoms with van der Waals surface area (Å²) < 4.78 is 10.7. The first-order valence-electron chi connectivity index (χ1n) is 9.59. The van der Waals surface area contributed by atoms with Gasteiger partial charge in [-0.15, -0.1) is 0 Å². The van der Waals surface area contributed by atoms with E-state index in [1.165, 1.54) is 0 Å². The van der Waals surface area contributed by atoms with Gasteiger partial charge in [0.25, 0.3) is 0 Å². The maximum absolute atomic E-state index is 5.39. The lowest BCUT2D eigenvalue weighted by Crippen LogP contribution is -2.43. The van der Waals surface area contributed by atoms with Gasteiger partial charge in [0.15, 0.2) is 5.11 Å². The zero-order chi connectivity index (χ0) is 20.5. The summed E-state index contributed by atoms with van der Waals surface area (Å²) in [6.07, 6.45) is 1.63. The highest BCUT2D eigenvalue weighted by Gasteiger charge is 2.11. The van der Waals surface area contributed by atoms with Crippen molar-refractivity contribution in [1.82, 2.24) is 25.5 Å². The number of hydrogen-bond donors (Lipinski definition) is 3. The normalized spacial score (nSPS) is 15.2. The Morgan fingerprint density at radius 1 is 1.24 bits per heavy atom. The predicted octanol–water partition coefficient (Wildman–Crippen LogP) is 1.45. The smallest absolute Gasteiger partial charge is 0.229 e. The lowest BCUT2D eigenvalue weighted by atomic mass is 10.4. The Balaban J connectivity index is 1.60. The monoisotopic (exact) mass is 417 g/mol. The number of aromatic nitrogens is 2. The molecule has 1 aliphatic heterocycles. The Hall–Kier alpha value is -2.56. The zero-order valence-electron chi connectivity index (χ0n) is 16.8. The van der Waals surface area contributed by atoms with E-state index >= 15 is 0 Å². The molecule has 2 aromatic heterocycles. The van der Waals surface area contributed by atoms with Crippen molar-refractivity contribution in [3.63, 3.8) is 0 Å². The fourth-order valence-corrected chi connectivity index (χ4v) is 3.03. The molecule has 3 heterocycles. The summed E-state index contributed by atoms with van der Waals surface area (Å²) >= 11 is 5.39. The van der Waals surface area contributed by atoms with Crippen LogP contribution in [0.1, 0.15) is 17.1 Å². The number of thiocarbonyl (C=S) groups is 1. The molecule has 3 rings (SSSR count). The molecule has 0 saturated carbocycles. The van der Waals surface area contributed by atoms with Gasteiger partial charge >= 0.3 is 0 Å². The molecule has 0 unspecified atom stereocenters. The van der Waals surface area contributed by atoms with Crippen LogP contribution in [0.25, 0.3) is 0 Å². The summed E-state index contributed by atoms with van der Waals surface area (Å²) in [5.74, 6) is 1.78. The van der Waals surface area contributed by atoms with Crippen LogP contribution in [0, 0.1) is 13.8 Å². The Morgan fingerprint density at radius 3 is 2.69 bits per heavy atom. The maximum atomic E-state index is 5.39. The average molecular weight is 418 g/mol. The Kier molecular flexibility index (Phi) is 7.91. The van der Waals surface area contributed by atoms with Crippen molar-refractivity contribution in [2.24, 2.45) is 4.99 Å². The second kappa shape index (κ2) is 10.8. The summed E-state index contributed by atoms with van der Waals surface area (Å²) in [7, 11) is 0. The molecule has 0 atom stereocenters. The maximum Gasteiger partial charge on any atom is 0.229 e. The SMILES string of the molecule is Cc1cc(C)nc(NC(=NCCN2CCOCC2)NC(=S)NCc2ccco2)n1. The summed E-state index contributed by atoms with van der Waals surface area (Å²) in [6.45, 7) is 9.19. The molecule has 0 aliphatic carbocycles. The largest absolute Gasteiger partial charge is 0.467 e. The molecule has 0 amide bonds. The van der Waals surface area contributed by atoms with Crippen LogP contribution in [0.4, 0.5) is 5.95 Å². The lowest BCUT2D eigenvalue weighted by molar-refractivity contribution is 0.0394. The molecule has 1 aliphatic rings. The van der Waals surface area contributed by atoms with Gasteiger partial charge in [0.1, 0.15) is 5.76 Å². The number of aliphatic imine (C=N–C) groups is 1. The fourth-order valence-electron chi connectivity index (χ4n) is 2.86. The van der Waals surface area contributed by atoms with Crippen molar-refractivity contribution in [3.05, 3.63) is 41.6 Å². The van der Waals surface area contributed by atoms with E-state index in [9.17, 15) is 0 Å². The second-order valence-electron chi connectivity index (χ2n) is 6.67. The highest BCUT2D eigenvalue weighted by atomic mass is 32.1. The molecule has 1 fully saturated rings. The van der Waals surface area contributed by atoms with Gasteiger partial charge in [-0.05, 0) is 44.3 Å². The third-order valence-electron chi connectivity index (χ3n) is 4.24. The number of aryl methyl sites for hydroxylation is 2.